The van der Waals surface area contributed by atoms with Gasteiger partial charge in [-0.25, -0.2) is 0 Å². The summed E-state index contributed by atoms with van der Waals surface area (Å²) in [4.78, 5) is 40.6. The van der Waals surface area contributed by atoms with Crippen LogP contribution in [0.4, 0.5) is 11.4 Å². The van der Waals surface area contributed by atoms with Gasteiger partial charge < -0.3 is 15.5 Å². The summed E-state index contributed by atoms with van der Waals surface area (Å²) in [5, 5.41) is 6.33. The molecule has 1 aliphatic rings. The van der Waals surface area contributed by atoms with E-state index in [0.717, 1.165) is 22.4 Å². The molecule has 3 aromatic rings. The molecule has 2 unspecified atom stereocenters. The molecule has 2 atom stereocenters. The Morgan fingerprint density at radius 1 is 1.03 bits per heavy atom. The van der Waals surface area contributed by atoms with Gasteiger partial charge in [-0.2, -0.15) is 0 Å². The van der Waals surface area contributed by atoms with Gasteiger partial charge in [0.05, 0.1) is 5.92 Å². The second kappa shape index (κ2) is 10.1. The lowest BCUT2D eigenvalue weighted by Gasteiger charge is -2.25. The van der Waals surface area contributed by atoms with Crippen LogP contribution in [0.5, 0.6) is 0 Å². The number of amides is 3. The van der Waals surface area contributed by atoms with Crippen LogP contribution in [0, 0.1) is 6.92 Å². The number of anilines is 2. The fraction of sp³-hybridized carbons (Fsp3) is 0.222. The Bertz CT molecular complexity index is 1210. The fourth-order valence-corrected chi connectivity index (χ4v) is 4.35. The largest absolute Gasteiger partial charge is 0.344 e. The summed E-state index contributed by atoms with van der Waals surface area (Å²) in [5.41, 5.74) is 4.12. The summed E-state index contributed by atoms with van der Waals surface area (Å²) in [6, 6.07) is 21.3. The van der Waals surface area contributed by atoms with E-state index in [2.05, 4.69) is 10.6 Å². The van der Waals surface area contributed by atoms with Crippen molar-refractivity contribution in [2.24, 2.45) is 0 Å². The van der Waals surface area contributed by atoms with Crippen LogP contribution in [0.15, 0.2) is 72.8 Å². The maximum Gasteiger partial charge on any atom is 0.249 e. The standard InChI is InChI=1S/C27H26ClN3O3/c1-17-7-6-10-21-22(26(33)30-25(17)21)16-24(32)29-23(15-18-8-4-3-5-9-18)27(34)31(2)20-13-11-19(28)12-14-20/h3-14,22-23H,15-16H2,1-2H3,(H,29,32)(H,30,33). The zero-order chi connectivity index (χ0) is 24.2. The molecule has 3 amide bonds. The number of nitrogens with one attached hydrogen (secondary N) is 2. The molecule has 7 heteroatoms. The first-order valence-corrected chi connectivity index (χ1v) is 11.5. The van der Waals surface area contributed by atoms with Crippen molar-refractivity contribution in [3.63, 3.8) is 0 Å². The number of likely N-dealkylation sites (N-methyl/N-ethyl adjacent to an activating group) is 1. The highest BCUT2D eigenvalue weighted by molar-refractivity contribution is 6.30. The minimum Gasteiger partial charge on any atom is -0.344 e. The molecule has 0 radical (unpaired) electrons. The van der Waals surface area contributed by atoms with Crippen LogP contribution >= 0.6 is 11.6 Å². The second-order valence-electron chi connectivity index (χ2n) is 8.47. The Kier molecular flexibility index (Phi) is 6.98. The molecule has 0 aliphatic carbocycles. The maximum atomic E-state index is 13.4. The lowest BCUT2D eigenvalue weighted by Crippen LogP contribution is -2.49. The van der Waals surface area contributed by atoms with E-state index in [0.29, 0.717) is 17.1 Å². The summed E-state index contributed by atoms with van der Waals surface area (Å²) in [6.07, 6.45) is 0.293. The molecular formula is C27H26ClN3O3. The summed E-state index contributed by atoms with van der Waals surface area (Å²) >= 11 is 5.98. The van der Waals surface area contributed by atoms with Gasteiger partial charge in [-0.15, -0.1) is 0 Å². The van der Waals surface area contributed by atoms with Crippen LogP contribution in [-0.2, 0) is 20.8 Å². The lowest BCUT2D eigenvalue weighted by molar-refractivity contribution is -0.128. The smallest absolute Gasteiger partial charge is 0.249 e. The van der Waals surface area contributed by atoms with Crippen LogP contribution in [0.2, 0.25) is 5.02 Å². The molecular weight excluding hydrogens is 450 g/mol. The van der Waals surface area contributed by atoms with Crippen molar-refractivity contribution < 1.29 is 14.4 Å². The first-order chi connectivity index (χ1) is 16.3. The van der Waals surface area contributed by atoms with Gasteiger partial charge in [0.25, 0.3) is 0 Å². The van der Waals surface area contributed by atoms with Gasteiger partial charge in [0.15, 0.2) is 0 Å². The van der Waals surface area contributed by atoms with E-state index in [-0.39, 0.29) is 24.1 Å². The number of fused-ring (bicyclic) bond motifs is 1. The van der Waals surface area contributed by atoms with E-state index in [1.807, 2.05) is 55.5 Å². The molecule has 34 heavy (non-hydrogen) atoms. The van der Waals surface area contributed by atoms with Gasteiger partial charge in [-0.05, 0) is 47.9 Å². The van der Waals surface area contributed by atoms with Crippen molar-refractivity contribution in [3.8, 4) is 0 Å². The number of hydrogen-bond donors (Lipinski definition) is 2. The highest BCUT2D eigenvalue weighted by Crippen LogP contribution is 2.36. The summed E-state index contributed by atoms with van der Waals surface area (Å²) < 4.78 is 0. The minimum absolute atomic E-state index is 0.0362. The van der Waals surface area contributed by atoms with Crippen molar-refractivity contribution in [1.29, 1.82) is 0 Å². The fourth-order valence-electron chi connectivity index (χ4n) is 4.22. The Balaban J connectivity index is 1.53. The van der Waals surface area contributed by atoms with Crippen molar-refractivity contribution in [1.82, 2.24) is 5.32 Å². The van der Waals surface area contributed by atoms with Gasteiger partial charge in [0.1, 0.15) is 6.04 Å². The third-order valence-corrected chi connectivity index (χ3v) is 6.35. The van der Waals surface area contributed by atoms with Crippen LogP contribution in [0.3, 0.4) is 0 Å². The Hall–Kier alpha value is -3.64. The molecule has 4 rings (SSSR count). The molecule has 2 N–H and O–H groups in total. The number of aryl methyl sites for hydroxylation is 1. The predicted octanol–water partition coefficient (Wildman–Crippen LogP) is 4.46. The molecule has 0 bridgehead atoms. The third kappa shape index (κ3) is 5.13. The van der Waals surface area contributed by atoms with Gasteiger partial charge in [-0.1, -0.05) is 60.1 Å². The lowest BCUT2D eigenvalue weighted by atomic mass is 9.95. The first-order valence-electron chi connectivity index (χ1n) is 11.1. The molecule has 1 heterocycles. The average molecular weight is 476 g/mol. The number of nitrogens with zero attached hydrogens (tertiary/aromatic N) is 1. The van der Waals surface area contributed by atoms with Gasteiger partial charge in [-0.3, -0.25) is 14.4 Å². The highest BCUT2D eigenvalue weighted by atomic mass is 35.5. The SMILES string of the molecule is Cc1cccc2c1NC(=O)C2CC(=O)NC(Cc1ccccc1)C(=O)N(C)c1ccc(Cl)cc1. The molecule has 3 aromatic carbocycles. The van der Waals surface area contributed by atoms with Crippen molar-refractivity contribution in [2.45, 2.75) is 31.7 Å². The van der Waals surface area contributed by atoms with Gasteiger partial charge in [0.2, 0.25) is 17.7 Å². The van der Waals surface area contributed by atoms with E-state index in [1.54, 1.807) is 31.3 Å². The number of para-hydroxylation sites is 1. The zero-order valence-corrected chi connectivity index (χ0v) is 19.8. The number of halogens is 1. The Morgan fingerprint density at radius 3 is 2.44 bits per heavy atom. The van der Waals surface area contributed by atoms with Crippen LogP contribution in [0.25, 0.3) is 0 Å². The van der Waals surface area contributed by atoms with Crippen LogP contribution in [-0.4, -0.2) is 30.8 Å². The van der Waals surface area contributed by atoms with Crippen molar-refractivity contribution >= 4 is 40.7 Å². The molecule has 0 fully saturated rings. The molecule has 6 nitrogen and oxygen atoms in total. The normalized spacial score (nSPS) is 15.3. The highest BCUT2D eigenvalue weighted by Gasteiger charge is 2.34. The number of carbonyl (C=O) groups is 3. The van der Waals surface area contributed by atoms with Gasteiger partial charge >= 0.3 is 0 Å². The van der Waals surface area contributed by atoms with Crippen molar-refractivity contribution in [3.05, 3.63) is 94.5 Å². The van der Waals surface area contributed by atoms with Crippen LogP contribution in [0.1, 0.15) is 29.0 Å². The second-order valence-corrected chi connectivity index (χ2v) is 8.91. The predicted molar refractivity (Wildman–Crippen MR) is 134 cm³/mol. The molecule has 0 saturated heterocycles. The van der Waals surface area contributed by atoms with E-state index in [4.69, 9.17) is 11.6 Å². The average Bonchev–Trinajstić information content (AvgIpc) is 3.15. The van der Waals surface area contributed by atoms with E-state index in [9.17, 15) is 14.4 Å². The molecule has 0 spiro atoms. The Labute approximate surface area is 203 Å². The molecule has 0 saturated carbocycles. The quantitative estimate of drug-likeness (QED) is 0.529. The minimum atomic E-state index is -0.794. The third-order valence-electron chi connectivity index (χ3n) is 6.10. The van der Waals surface area contributed by atoms with Crippen LogP contribution < -0.4 is 15.5 Å². The molecule has 1 aliphatic heterocycles. The van der Waals surface area contributed by atoms with E-state index < -0.39 is 12.0 Å². The number of benzene rings is 3. The number of carbonyl (C=O) groups excluding carboxylic acids is 3. The van der Waals surface area contributed by atoms with Gasteiger partial charge in [0, 0.05) is 36.3 Å². The molecule has 174 valence electrons. The van der Waals surface area contributed by atoms with E-state index >= 15 is 0 Å². The number of hydrogen-bond acceptors (Lipinski definition) is 3. The first kappa shape index (κ1) is 23.5. The van der Waals surface area contributed by atoms with E-state index in [1.165, 1.54) is 4.90 Å². The Morgan fingerprint density at radius 2 is 1.74 bits per heavy atom. The van der Waals surface area contributed by atoms with Crippen molar-refractivity contribution in [2.75, 3.05) is 17.3 Å². The topological polar surface area (TPSA) is 78.5 Å². The maximum absolute atomic E-state index is 13.4. The monoisotopic (exact) mass is 475 g/mol. The summed E-state index contributed by atoms with van der Waals surface area (Å²) in [5.74, 6) is -1.40. The number of rotatable bonds is 7. The molecule has 0 aromatic heterocycles. The zero-order valence-electron chi connectivity index (χ0n) is 19.0. The summed E-state index contributed by atoms with van der Waals surface area (Å²) in [7, 11) is 1.67. The summed E-state index contributed by atoms with van der Waals surface area (Å²) in [6.45, 7) is 1.92.